The van der Waals surface area contributed by atoms with Crippen LogP contribution in [0.2, 0.25) is 0 Å². The number of para-hydroxylation sites is 2. The maximum Gasteiger partial charge on any atom is 0.0618 e. The van der Waals surface area contributed by atoms with E-state index in [4.69, 9.17) is 0 Å². The van der Waals surface area contributed by atoms with Gasteiger partial charge in [-0.1, -0.05) is 186 Å². The monoisotopic (exact) mass is 828 g/mol. The maximum absolute atomic E-state index is 2.48. The molecular formula is C62H56N2. The second kappa shape index (κ2) is 15.9. The summed E-state index contributed by atoms with van der Waals surface area (Å²) in [5, 5.41) is 9.77. The van der Waals surface area contributed by atoms with Gasteiger partial charge >= 0.3 is 0 Å². The molecule has 0 unspecified atom stereocenters. The molecule has 0 spiro atoms. The maximum atomic E-state index is 2.48. The van der Waals surface area contributed by atoms with Crippen LogP contribution in [-0.4, -0.2) is 0 Å². The van der Waals surface area contributed by atoms with Crippen LogP contribution in [-0.2, 0) is 10.8 Å². The summed E-state index contributed by atoms with van der Waals surface area (Å²) < 4.78 is 0. The Bertz CT molecular complexity index is 3100. The van der Waals surface area contributed by atoms with E-state index in [1.165, 1.54) is 87.8 Å². The fourth-order valence-electron chi connectivity index (χ4n) is 9.62. The SMILES string of the molecule is Cc1ccc(N(c2ccccc2)c2c3ccccc3c(-c3c4ccccc4c(N(c4ccccc4)c4ccc(C)cc4)c4cc(C(C)(C)C)ccc34)c3ccc(C(C)(C)C)cc23)cc1. The molecule has 2 nitrogen and oxygen atoms in total. The van der Waals surface area contributed by atoms with Gasteiger partial charge in [-0.15, -0.1) is 0 Å². The molecule has 10 rings (SSSR count). The van der Waals surface area contributed by atoms with Crippen molar-refractivity contribution >= 4 is 77.2 Å². The molecule has 0 aliphatic rings. The first kappa shape index (κ1) is 40.9. The Labute approximate surface area is 379 Å². The number of rotatable bonds is 7. The zero-order chi connectivity index (χ0) is 44.3. The molecule has 10 aromatic rings. The van der Waals surface area contributed by atoms with Crippen molar-refractivity contribution in [2.24, 2.45) is 0 Å². The van der Waals surface area contributed by atoms with Crippen LogP contribution < -0.4 is 9.80 Å². The highest BCUT2D eigenvalue weighted by Gasteiger charge is 2.29. The van der Waals surface area contributed by atoms with E-state index in [9.17, 15) is 0 Å². The molecular weight excluding hydrogens is 773 g/mol. The molecule has 0 aromatic heterocycles. The van der Waals surface area contributed by atoms with E-state index in [2.05, 4.69) is 259 Å². The smallest absolute Gasteiger partial charge is 0.0618 e. The van der Waals surface area contributed by atoms with Gasteiger partial charge in [0.2, 0.25) is 0 Å². The summed E-state index contributed by atoms with van der Waals surface area (Å²) in [7, 11) is 0. The third-order valence-electron chi connectivity index (χ3n) is 13.0. The predicted molar refractivity (Wildman–Crippen MR) is 278 cm³/mol. The van der Waals surface area contributed by atoms with Crippen LogP contribution in [0.1, 0.15) is 63.8 Å². The first-order chi connectivity index (χ1) is 30.9. The zero-order valence-corrected chi connectivity index (χ0v) is 38.4. The minimum absolute atomic E-state index is 0.0695. The van der Waals surface area contributed by atoms with Gasteiger partial charge in [-0.2, -0.15) is 0 Å². The van der Waals surface area contributed by atoms with Crippen molar-refractivity contribution in [2.75, 3.05) is 9.80 Å². The van der Waals surface area contributed by atoms with Gasteiger partial charge in [0, 0.05) is 44.3 Å². The van der Waals surface area contributed by atoms with Gasteiger partial charge in [-0.3, -0.25) is 0 Å². The molecule has 0 amide bonds. The number of anilines is 6. The standard InChI is InChI=1S/C62H56N2/c1-41-27-33-47(34-28-41)63(45-19-11-9-12-20-45)59-53-25-17-15-23-49(53)57(51-37-31-43(39-55(51)59)61(3,4)5)58-50-24-16-18-26-54(50)60(56-40-44(62(6,7)8)32-38-52(56)58)64(46-21-13-10-14-22-46)48-35-29-42(2)30-36-48/h9-40H,1-8H3. The van der Waals surface area contributed by atoms with Gasteiger partial charge in [0.25, 0.3) is 0 Å². The highest BCUT2D eigenvalue weighted by Crippen LogP contribution is 2.54. The molecule has 0 saturated heterocycles. The van der Waals surface area contributed by atoms with Crippen LogP contribution in [0, 0.1) is 13.8 Å². The predicted octanol–water partition coefficient (Wildman–Crippen LogP) is 18.1. The summed E-state index contributed by atoms with van der Waals surface area (Å²) >= 11 is 0. The van der Waals surface area contributed by atoms with Gasteiger partial charge in [-0.05, 0) is 129 Å². The van der Waals surface area contributed by atoms with E-state index in [1.54, 1.807) is 0 Å². The molecule has 314 valence electrons. The van der Waals surface area contributed by atoms with Crippen molar-refractivity contribution in [1.29, 1.82) is 0 Å². The molecule has 0 N–H and O–H groups in total. The Morgan fingerprint density at radius 3 is 0.922 bits per heavy atom. The quantitative estimate of drug-likeness (QED) is 0.148. The van der Waals surface area contributed by atoms with Gasteiger partial charge in [0.05, 0.1) is 11.4 Å². The van der Waals surface area contributed by atoms with Crippen LogP contribution in [0.4, 0.5) is 34.1 Å². The van der Waals surface area contributed by atoms with E-state index in [-0.39, 0.29) is 10.8 Å². The highest BCUT2D eigenvalue weighted by molar-refractivity contribution is 6.30. The van der Waals surface area contributed by atoms with Crippen LogP contribution in [0.5, 0.6) is 0 Å². The second-order valence-corrected chi connectivity index (χ2v) is 19.6. The normalized spacial score (nSPS) is 12.1. The molecule has 0 saturated carbocycles. The Balaban J connectivity index is 1.40. The Morgan fingerprint density at radius 2 is 0.578 bits per heavy atom. The fourth-order valence-corrected chi connectivity index (χ4v) is 9.62. The molecule has 64 heavy (non-hydrogen) atoms. The lowest BCUT2D eigenvalue weighted by atomic mass is 9.80. The van der Waals surface area contributed by atoms with E-state index < -0.39 is 0 Å². The molecule has 2 heteroatoms. The van der Waals surface area contributed by atoms with Crippen molar-refractivity contribution in [1.82, 2.24) is 0 Å². The molecule has 0 aliphatic heterocycles. The molecule has 10 aromatic carbocycles. The third kappa shape index (κ3) is 7.18. The van der Waals surface area contributed by atoms with E-state index >= 15 is 0 Å². The van der Waals surface area contributed by atoms with Crippen LogP contribution in [0.3, 0.4) is 0 Å². The van der Waals surface area contributed by atoms with Crippen molar-refractivity contribution < 1.29 is 0 Å². The first-order valence-corrected chi connectivity index (χ1v) is 22.7. The number of nitrogens with zero attached hydrogens (tertiary/aromatic N) is 2. The molecule has 0 aliphatic carbocycles. The number of aryl methyl sites for hydroxylation is 2. The minimum atomic E-state index is -0.0695. The zero-order valence-electron chi connectivity index (χ0n) is 38.4. The van der Waals surface area contributed by atoms with Crippen molar-refractivity contribution in [3.8, 4) is 11.1 Å². The molecule has 0 fully saturated rings. The summed E-state index contributed by atoms with van der Waals surface area (Å²) in [5.74, 6) is 0. The first-order valence-electron chi connectivity index (χ1n) is 22.7. The summed E-state index contributed by atoms with van der Waals surface area (Å²) in [6.07, 6.45) is 0. The number of hydrogen-bond acceptors (Lipinski definition) is 2. The minimum Gasteiger partial charge on any atom is -0.309 e. The van der Waals surface area contributed by atoms with Crippen molar-refractivity contribution in [3.05, 3.63) is 216 Å². The lowest BCUT2D eigenvalue weighted by molar-refractivity contribution is 0.591. The average molecular weight is 829 g/mol. The summed E-state index contributed by atoms with van der Waals surface area (Å²) in [6, 6.07) is 72.5. The number of fused-ring (bicyclic) bond motifs is 4. The highest BCUT2D eigenvalue weighted by atomic mass is 15.2. The largest absolute Gasteiger partial charge is 0.309 e. The lowest BCUT2D eigenvalue weighted by Crippen LogP contribution is -2.14. The molecule has 0 heterocycles. The lowest BCUT2D eigenvalue weighted by Gasteiger charge is -2.32. The van der Waals surface area contributed by atoms with Crippen molar-refractivity contribution in [2.45, 2.75) is 66.2 Å². The van der Waals surface area contributed by atoms with Crippen LogP contribution >= 0.6 is 0 Å². The summed E-state index contributed by atoms with van der Waals surface area (Å²) in [5.41, 5.74) is 14.3. The Hall–Kier alpha value is -7.16. The van der Waals surface area contributed by atoms with Gasteiger partial charge in [0.15, 0.2) is 0 Å². The number of hydrogen-bond donors (Lipinski definition) is 0. The topological polar surface area (TPSA) is 6.48 Å². The van der Waals surface area contributed by atoms with Gasteiger partial charge in [0.1, 0.15) is 0 Å². The fraction of sp³-hybridized carbons (Fsp3) is 0.161. The van der Waals surface area contributed by atoms with Crippen LogP contribution in [0.25, 0.3) is 54.2 Å². The van der Waals surface area contributed by atoms with E-state index in [1.807, 2.05) is 0 Å². The van der Waals surface area contributed by atoms with E-state index in [0.717, 1.165) is 22.7 Å². The van der Waals surface area contributed by atoms with Gasteiger partial charge < -0.3 is 9.80 Å². The second-order valence-electron chi connectivity index (χ2n) is 19.6. The third-order valence-corrected chi connectivity index (χ3v) is 13.0. The summed E-state index contributed by atoms with van der Waals surface area (Å²) in [4.78, 5) is 4.96. The molecule has 0 radical (unpaired) electrons. The van der Waals surface area contributed by atoms with Crippen LogP contribution in [0.15, 0.2) is 194 Å². The van der Waals surface area contributed by atoms with Gasteiger partial charge in [-0.25, -0.2) is 0 Å². The molecule has 0 atom stereocenters. The average Bonchev–Trinajstić information content (AvgIpc) is 3.30. The van der Waals surface area contributed by atoms with E-state index in [0.29, 0.717) is 0 Å². The van der Waals surface area contributed by atoms with Crippen molar-refractivity contribution in [3.63, 3.8) is 0 Å². The summed E-state index contributed by atoms with van der Waals surface area (Å²) in [6.45, 7) is 18.3. The Morgan fingerprint density at radius 1 is 0.281 bits per heavy atom. The molecule has 0 bridgehead atoms. The number of benzene rings is 10. The Kier molecular flexibility index (Phi) is 10.1.